The highest BCUT2D eigenvalue weighted by molar-refractivity contribution is 5.82. The summed E-state index contributed by atoms with van der Waals surface area (Å²) in [5.41, 5.74) is -0.598. The molecule has 0 aromatic rings. The molecule has 2 aliphatic carbocycles. The fraction of sp³-hybridized carbons (Fsp3) is 0.800. The molecule has 2 saturated carbocycles. The van der Waals surface area contributed by atoms with Gasteiger partial charge in [-0.2, -0.15) is 5.26 Å². The molecule has 0 spiro atoms. The molecule has 2 fully saturated rings. The zero-order valence-electron chi connectivity index (χ0n) is 8.05. The molecule has 1 N–H and O–H groups in total. The quantitative estimate of drug-likeness (QED) is 0.690. The predicted molar refractivity (Wildman–Crippen MR) is 47.6 cm³/mol. The summed E-state index contributed by atoms with van der Waals surface area (Å²) < 4.78 is 0. The minimum Gasteiger partial charge on any atom is -0.337 e. The SMILES string of the molecule is CC1(C)CC1(C#N)NC(=O)C1CC1. The van der Waals surface area contributed by atoms with Gasteiger partial charge in [-0.1, -0.05) is 13.8 Å². The molecule has 0 bridgehead atoms. The third kappa shape index (κ3) is 1.21. The van der Waals surface area contributed by atoms with Crippen LogP contribution < -0.4 is 5.32 Å². The zero-order valence-corrected chi connectivity index (χ0v) is 8.05. The molecule has 1 amide bonds. The molecular weight excluding hydrogens is 164 g/mol. The van der Waals surface area contributed by atoms with Gasteiger partial charge < -0.3 is 5.32 Å². The Hall–Kier alpha value is -1.04. The number of carbonyl (C=O) groups is 1. The van der Waals surface area contributed by atoms with Gasteiger partial charge in [-0.15, -0.1) is 0 Å². The highest BCUT2D eigenvalue weighted by atomic mass is 16.2. The van der Waals surface area contributed by atoms with Crippen LogP contribution in [0, 0.1) is 22.7 Å². The minimum absolute atomic E-state index is 0.0354. The lowest BCUT2D eigenvalue weighted by Crippen LogP contribution is -2.40. The van der Waals surface area contributed by atoms with Gasteiger partial charge in [0.05, 0.1) is 6.07 Å². The Balaban J connectivity index is 2.01. The summed E-state index contributed by atoms with van der Waals surface area (Å²) in [7, 11) is 0. The lowest BCUT2D eigenvalue weighted by atomic mass is 10.1. The molecule has 13 heavy (non-hydrogen) atoms. The Kier molecular flexibility index (Phi) is 1.48. The van der Waals surface area contributed by atoms with E-state index in [1.807, 2.05) is 13.8 Å². The molecule has 0 aromatic heterocycles. The van der Waals surface area contributed by atoms with E-state index in [1.165, 1.54) is 0 Å². The van der Waals surface area contributed by atoms with Crippen LogP contribution in [0.3, 0.4) is 0 Å². The van der Waals surface area contributed by atoms with Gasteiger partial charge >= 0.3 is 0 Å². The molecule has 1 atom stereocenters. The number of amides is 1. The first-order valence-electron chi connectivity index (χ1n) is 4.74. The van der Waals surface area contributed by atoms with Gasteiger partial charge in [0.15, 0.2) is 0 Å². The Morgan fingerprint density at radius 2 is 2.08 bits per heavy atom. The minimum atomic E-state index is -0.563. The number of hydrogen-bond donors (Lipinski definition) is 1. The van der Waals surface area contributed by atoms with Gasteiger partial charge in [-0.05, 0) is 19.3 Å². The second kappa shape index (κ2) is 2.25. The molecule has 70 valence electrons. The van der Waals surface area contributed by atoms with E-state index in [9.17, 15) is 4.79 Å². The smallest absolute Gasteiger partial charge is 0.224 e. The van der Waals surface area contributed by atoms with Gasteiger partial charge in [0.1, 0.15) is 5.54 Å². The van der Waals surface area contributed by atoms with Crippen LogP contribution in [-0.2, 0) is 4.79 Å². The maximum Gasteiger partial charge on any atom is 0.224 e. The molecule has 3 nitrogen and oxygen atoms in total. The summed E-state index contributed by atoms with van der Waals surface area (Å²) in [5, 5.41) is 11.8. The van der Waals surface area contributed by atoms with Crippen LogP contribution in [0.5, 0.6) is 0 Å². The lowest BCUT2D eigenvalue weighted by Gasteiger charge is -2.13. The third-order valence-electron chi connectivity index (χ3n) is 3.21. The van der Waals surface area contributed by atoms with Gasteiger partial charge in [-0.25, -0.2) is 0 Å². The normalized spacial score (nSPS) is 34.8. The van der Waals surface area contributed by atoms with Crippen LogP contribution in [0.2, 0.25) is 0 Å². The van der Waals surface area contributed by atoms with Crippen LogP contribution in [0.4, 0.5) is 0 Å². The van der Waals surface area contributed by atoms with Crippen molar-refractivity contribution in [2.45, 2.75) is 38.6 Å². The first kappa shape index (κ1) is 8.55. The highest BCUT2D eigenvalue weighted by Crippen LogP contribution is 2.55. The molecule has 0 heterocycles. The van der Waals surface area contributed by atoms with Gasteiger partial charge in [-0.3, -0.25) is 4.79 Å². The molecule has 1 unspecified atom stereocenters. The van der Waals surface area contributed by atoms with Gasteiger partial charge in [0.2, 0.25) is 5.91 Å². The van der Waals surface area contributed by atoms with E-state index in [1.54, 1.807) is 0 Å². The molecule has 0 aliphatic heterocycles. The molecule has 0 saturated heterocycles. The molecule has 3 heteroatoms. The number of hydrogen-bond acceptors (Lipinski definition) is 2. The average Bonchev–Trinajstić information content (AvgIpc) is 2.88. The molecule has 2 aliphatic rings. The lowest BCUT2D eigenvalue weighted by molar-refractivity contribution is -0.123. The topological polar surface area (TPSA) is 52.9 Å². The number of nitrogens with zero attached hydrogens (tertiary/aromatic N) is 1. The van der Waals surface area contributed by atoms with Crippen molar-refractivity contribution in [2.75, 3.05) is 0 Å². The van der Waals surface area contributed by atoms with Gasteiger partial charge in [0, 0.05) is 11.3 Å². The second-order valence-electron chi connectivity index (χ2n) is 4.84. The molecule has 2 rings (SSSR count). The fourth-order valence-corrected chi connectivity index (χ4v) is 1.71. The monoisotopic (exact) mass is 178 g/mol. The van der Waals surface area contributed by atoms with E-state index >= 15 is 0 Å². The number of nitriles is 1. The van der Waals surface area contributed by atoms with Crippen molar-refractivity contribution < 1.29 is 4.79 Å². The van der Waals surface area contributed by atoms with E-state index in [-0.39, 0.29) is 17.2 Å². The molecule has 0 aromatic carbocycles. The molecular formula is C10H14N2O. The second-order valence-corrected chi connectivity index (χ2v) is 4.84. The van der Waals surface area contributed by atoms with Gasteiger partial charge in [0.25, 0.3) is 0 Å². The summed E-state index contributed by atoms with van der Waals surface area (Å²) in [4.78, 5) is 11.4. The zero-order chi connectivity index (χ0) is 9.69. The van der Waals surface area contributed by atoms with Crippen molar-refractivity contribution in [3.05, 3.63) is 0 Å². The van der Waals surface area contributed by atoms with E-state index in [0.29, 0.717) is 0 Å². The fourth-order valence-electron chi connectivity index (χ4n) is 1.71. The average molecular weight is 178 g/mol. The maximum absolute atomic E-state index is 11.4. The first-order chi connectivity index (χ1) is 6.01. The highest BCUT2D eigenvalue weighted by Gasteiger charge is 2.63. The van der Waals surface area contributed by atoms with E-state index < -0.39 is 5.54 Å². The van der Waals surface area contributed by atoms with Crippen LogP contribution in [0.1, 0.15) is 33.1 Å². The Morgan fingerprint density at radius 3 is 2.38 bits per heavy atom. The largest absolute Gasteiger partial charge is 0.337 e. The Bertz CT molecular complexity index is 299. The summed E-state index contributed by atoms with van der Waals surface area (Å²) in [6.07, 6.45) is 2.77. The van der Waals surface area contributed by atoms with Crippen LogP contribution in [-0.4, -0.2) is 11.4 Å². The van der Waals surface area contributed by atoms with Crippen molar-refractivity contribution in [2.24, 2.45) is 11.3 Å². The summed E-state index contributed by atoms with van der Waals surface area (Å²) in [6, 6.07) is 2.22. The van der Waals surface area contributed by atoms with Crippen molar-refractivity contribution in [1.29, 1.82) is 5.26 Å². The Labute approximate surface area is 78.1 Å². The summed E-state index contributed by atoms with van der Waals surface area (Å²) in [6.45, 7) is 4.03. The first-order valence-corrected chi connectivity index (χ1v) is 4.74. The van der Waals surface area contributed by atoms with Crippen molar-refractivity contribution in [1.82, 2.24) is 5.32 Å². The number of rotatable bonds is 2. The maximum atomic E-state index is 11.4. The number of carbonyl (C=O) groups excluding carboxylic acids is 1. The van der Waals surface area contributed by atoms with E-state index in [4.69, 9.17) is 5.26 Å². The standard InChI is InChI=1S/C10H14N2O/c1-9(2)5-10(9,6-11)12-8(13)7-3-4-7/h7H,3-5H2,1-2H3,(H,12,13). The Morgan fingerprint density at radius 1 is 1.54 bits per heavy atom. The van der Waals surface area contributed by atoms with E-state index in [2.05, 4.69) is 11.4 Å². The van der Waals surface area contributed by atoms with Crippen LogP contribution in [0.15, 0.2) is 0 Å². The van der Waals surface area contributed by atoms with Crippen LogP contribution in [0.25, 0.3) is 0 Å². The predicted octanol–water partition coefficient (Wildman–Crippen LogP) is 1.20. The van der Waals surface area contributed by atoms with Crippen molar-refractivity contribution >= 4 is 5.91 Å². The van der Waals surface area contributed by atoms with Crippen LogP contribution >= 0.6 is 0 Å². The third-order valence-corrected chi connectivity index (χ3v) is 3.21. The number of nitrogens with one attached hydrogen (secondary N) is 1. The van der Waals surface area contributed by atoms with E-state index in [0.717, 1.165) is 19.3 Å². The van der Waals surface area contributed by atoms with Crippen molar-refractivity contribution in [3.63, 3.8) is 0 Å². The summed E-state index contributed by atoms with van der Waals surface area (Å²) in [5.74, 6) is 0.272. The van der Waals surface area contributed by atoms with Crippen molar-refractivity contribution in [3.8, 4) is 6.07 Å². The molecule has 0 radical (unpaired) electrons. The summed E-state index contributed by atoms with van der Waals surface area (Å²) >= 11 is 0.